The maximum absolute atomic E-state index is 11.7. The van der Waals surface area contributed by atoms with Crippen molar-refractivity contribution in [3.63, 3.8) is 0 Å². The van der Waals surface area contributed by atoms with Gasteiger partial charge in [-0.2, -0.15) is 0 Å². The van der Waals surface area contributed by atoms with Crippen LogP contribution < -0.4 is 4.74 Å². The summed E-state index contributed by atoms with van der Waals surface area (Å²) in [5.41, 5.74) is 0. The number of hydrogen-bond donors (Lipinski definition) is 0. The van der Waals surface area contributed by atoms with Gasteiger partial charge >= 0.3 is 5.97 Å². The molecule has 0 unspecified atom stereocenters. The maximum atomic E-state index is 11.7. The van der Waals surface area contributed by atoms with E-state index in [2.05, 4.69) is 0 Å². The van der Waals surface area contributed by atoms with Gasteiger partial charge in [0.2, 0.25) is 0 Å². The molecule has 0 aliphatic rings. The summed E-state index contributed by atoms with van der Waals surface area (Å²) >= 11 is 11.6. The van der Waals surface area contributed by atoms with Gasteiger partial charge in [-0.15, -0.1) is 0 Å². The molecule has 0 aromatic heterocycles. The number of halogens is 2. The molecule has 0 saturated carbocycles. The predicted octanol–water partition coefficient (Wildman–Crippen LogP) is 4.34. The van der Waals surface area contributed by atoms with Gasteiger partial charge in [0.05, 0.1) is 5.92 Å². The number of hydrogen-bond acceptors (Lipinski definition) is 2. The van der Waals surface area contributed by atoms with Gasteiger partial charge in [0.15, 0.2) is 0 Å². The molecule has 16 heavy (non-hydrogen) atoms. The minimum absolute atomic E-state index is 0.0715. The van der Waals surface area contributed by atoms with E-state index in [1.807, 2.05) is 13.8 Å². The first-order valence-corrected chi connectivity index (χ1v) is 6.00. The van der Waals surface area contributed by atoms with Gasteiger partial charge < -0.3 is 4.74 Å². The highest BCUT2D eigenvalue weighted by atomic mass is 35.5. The van der Waals surface area contributed by atoms with Crippen LogP contribution in [0.4, 0.5) is 0 Å². The van der Waals surface area contributed by atoms with E-state index in [4.69, 9.17) is 27.9 Å². The van der Waals surface area contributed by atoms with Crippen molar-refractivity contribution in [2.24, 2.45) is 5.92 Å². The van der Waals surface area contributed by atoms with Crippen LogP contribution in [0.15, 0.2) is 18.2 Å². The number of ether oxygens (including phenoxy) is 1. The van der Waals surface area contributed by atoms with Gasteiger partial charge in [0, 0.05) is 10.0 Å². The van der Waals surface area contributed by atoms with E-state index in [1.54, 1.807) is 18.2 Å². The fourth-order valence-electron chi connectivity index (χ4n) is 1.41. The SMILES string of the molecule is CCC(CC)C(=O)Oc1cc(Cl)cc(Cl)c1. The Morgan fingerprint density at radius 3 is 2.12 bits per heavy atom. The van der Waals surface area contributed by atoms with Gasteiger partial charge in [0.25, 0.3) is 0 Å². The Morgan fingerprint density at radius 1 is 1.19 bits per heavy atom. The molecule has 0 N–H and O–H groups in total. The van der Waals surface area contributed by atoms with E-state index in [1.165, 1.54) is 0 Å². The number of rotatable bonds is 4. The third-order valence-electron chi connectivity index (χ3n) is 2.37. The van der Waals surface area contributed by atoms with E-state index < -0.39 is 0 Å². The van der Waals surface area contributed by atoms with Gasteiger partial charge in [-0.3, -0.25) is 4.79 Å². The molecular formula is C12H14Cl2O2. The van der Waals surface area contributed by atoms with Crippen LogP contribution in [0.5, 0.6) is 5.75 Å². The first kappa shape index (κ1) is 13.3. The summed E-state index contributed by atoms with van der Waals surface area (Å²) in [6.07, 6.45) is 1.53. The summed E-state index contributed by atoms with van der Waals surface area (Å²) in [6.45, 7) is 3.92. The zero-order valence-electron chi connectivity index (χ0n) is 9.30. The first-order valence-electron chi connectivity index (χ1n) is 5.24. The third-order valence-corrected chi connectivity index (χ3v) is 2.81. The molecule has 88 valence electrons. The van der Waals surface area contributed by atoms with Crippen LogP contribution in [0, 0.1) is 5.92 Å². The van der Waals surface area contributed by atoms with Crippen molar-refractivity contribution in [2.45, 2.75) is 26.7 Å². The largest absolute Gasteiger partial charge is 0.426 e. The van der Waals surface area contributed by atoms with E-state index in [0.29, 0.717) is 15.8 Å². The Kier molecular flexibility index (Phi) is 5.10. The predicted molar refractivity (Wildman–Crippen MR) is 66.2 cm³/mol. The number of benzene rings is 1. The Labute approximate surface area is 106 Å². The molecule has 0 amide bonds. The molecule has 0 aliphatic carbocycles. The molecule has 1 rings (SSSR count). The lowest BCUT2D eigenvalue weighted by Crippen LogP contribution is -2.19. The summed E-state index contributed by atoms with van der Waals surface area (Å²) in [6, 6.07) is 4.75. The van der Waals surface area contributed by atoms with E-state index in [9.17, 15) is 4.79 Å². The number of carbonyl (C=O) groups is 1. The molecule has 0 aliphatic heterocycles. The summed E-state index contributed by atoms with van der Waals surface area (Å²) in [5, 5.41) is 0.916. The van der Waals surface area contributed by atoms with Crippen molar-refractivity contribution >= 4 is 29.2 Å². The highest BCUT2D eigenvalue weighted by molar-refractivity contribution is 6.34. The topological polar surface area (TPSA) is 26.3 Å². The minimum Gasteiger partial charge on any atom is -0.426 e. The third kappa shape index (κ3) is 3.69. The van der Waals surface area contributed by atoms with E-state index in [0.717, 1.165) is 12.8 Å². The minimum atomic E-state index is -0.233. The van der Waals surface area contributed by atoms with Crippen molar-refractivity contribution in [2.75, 3.05) is 0 Å². The summed E-state index contributed by atoms with van der Waals surface area (Å²) in [4.78, 5) is 11.7. The lowest BCUT2D eigenvalue weighted by molar-refractivity contribution is -0.139. The quantitative estimate of drug-likeness (QED) is 0.595. The summed E-state index contributed by atoms with van der Waals surface area (Å²) in [5.74, 6) is 0.0930. The first-order chi connectivity index (χ1) is 7.56. The fourth-order valence-corrected chi connectivity index (χ4v) is 1.91. The van der Waals surface area contributed by atoms with Gasteiger partial charge in [-0.05, 0) is 31.0 Å². The zero-order chi connectivity index (χ0) is 12.1. The molecule has 2 nitrogen and oxygen atoms in total. The molecule has 0 heterocycles. The molecule has 0 saturated heterocycles. The van der Waals surface area contributed by atoms with Crippen molar-refractivity contribution in [1.29, 1.82) is 0 Å². The van der Waals surface area contributed by atoms with Crippen LogP contribution in [0.3, 0.4) is 0 Å². The van der Waals surface area contributed by atoms with Crippen LogP contribution in [0.2, 0.25) is 10.0 Å². The molecule has 4 heteroatoms. The standard InChI is InChI=1S/C12H14Cl2O2/c1-3-8(4-2)12(15)16-11-6-9(13)5-10(14)7-11/h5-8H,3-4H2,1-2H3. The van der Waals surface area contributed by atoms with Gasteiger partial charge in [-0.25, -0.2) is 0 Å². The molecule has 0 fully saturated rings. The molecule has 1 aromatic carbocycles. The van der Waals surface area contributed by atoms with E-state index in [-0.39, 0.29) is 11.9 Å². The highest BCUT2D eigenvalue weighted by Crippen LogP contribution is 2.25. The second-order valence-electron chi connectivity index (χ2n) is 3.54. The van der Waals surface area contributed by atoms with Crippen molar-refractivity contribution < 1.29 is 9.53 Å². The van der Waals surface area contributed by atoms with Crippen molar-refractivity contribution in [1.82, 2.24) is 0 Å². The molecular weight excluding hydrogens is 247 g/mol. The molecule has 0 radical (unpaired) electrons. The van der Waals surface area contributed by atoms with Crippen molar-refractivity contribution in [3.05, 3.63) is 28.2 Å². The smallest absolute Gasteiger partial charge is 0.314 e. The lowest BCUT2D eigenvalue weighted by atomic mass is 10.0. The molecule has 0 spiro atoms. The average Bonchev–Trinajstić information content (AvgIpc) is 2.17. The molecule has 0 bridgehead atoms. The second-order valence-corrected chi connectivity index (χ2v) is 4.41. The molecule has 1 aromatic rings. The fraction of sp³-hybridized carbons (Fsp3) is 0.417. The Bertz CT molecular complexity index is 353. The van der Waals surface area contributed by atoms with Crippen molar-refractivity contribution in [3.8, 4) is 5.75 Å². The van der Waals surface area contributed by atoms with Crippen LogP contribution in [0.25, 0.3) is 0 Å². The maximum Gasteiger partial charge on any atom is 0.314 e. The molecule has 0 atom stereocenters. The van der Waals surface area contributed by atoms with Crippen LogP contribution in [-0.2, 0) is 4.79 Å². The second kappa shape index (κ2) is 6.12. The van der Waals surface area contributed by atoms with Crippen LogP contribution in [-0.4, -0.2) is 5.97 Å². The Hall–Kier alpha value is -0.730. The van der Waals surface area contributed by atoms with Gasteiger partial charge in [0.1, 0.15) is 5.75 Å². The monoisotopic (exact) mass is 260 g/mol. The van der Waals surface area contributed by atoms with Crippen LogP contribution in [0.1, 0.15) is 26.7 Å². The average molecular weight is 261 g/mol. The number of esters is 1. The Balaban J connectivity index is 2.76. The van der Waals surface area contributed by atoms with E-state index >= 15 is 0 Å². The summed E-state index contributed by atoms with van der Waals surface area (Å²) < 4.78 is 5.21. The summed E-state index contributed by atoms with van der Waals surface area (Å²) in [7, 11) is 0. The highest BCUT2D eigenvalue weighted by Gasteiger charge is 2.16. The lowest BCUT2D eigenvalue weighted by Gasteiger charge is -2.11. The zero-order valence-corrected chi connectivity index (χ0v) is 10.8. The van der Waals surface area contributed by atoms with Gasteiger partial charge in [-0.1, -0.05) is 37.0 Å². The van der Waals surface area contributed by atoms with Crippen LogP contribution >= 0.6 is 23.2 Å². The number of carbonyl (C=O) groups excluding carboxylic acids is 1. The Morgan fingerprint density at radius 2 is 1.69 bits per heavy atom. The normalized spacial score (nSPS) is 10.6.